The standard InChI is InChI=1S/C19H26FN3O5/c1-13(27-14(2)24)10-21-11-16-12-23(19(25)28-16)15-3-4-18(17(20)9-15)22-5-7-26-8-6-22/h3-4,9,13,16,21H,5-8,10-12H2,1-2H3/t13-,16-/m0/s1. The molecule has 0 bridgehead atoms. The van der Waals surface area contributed by atoms with Gasteiger partial charge in [-0.05, 0) is 25.1 Å². The summed E-state index contributed by atoms with van der Waals surface area (Å²) in [4.78, 5) is 26.4. The van der Waals surface area contributed by atoms with Crippen molar-refractivity contribution in [1.29, 1.82) is 0 Å². The van der Waals surface area contributed by atoms with Crippen molar-refractivity contribution in [1.82, 2.24) is 5.32 Å². The van der Waals surface area contributed by atoms with Gasteiger partial charge in [-0.1, -0.05) is 0 Å². The molecule has 0 unspecified atom stereocenters. The van der Waals surface area contributed by atoms with Crippen LogP contribution in [0.2, 0.25) is 0 Å². The molecule has 3 rings (SSSR count). The number of morpholine rings is 1. The molecular formula is C19H26FN3O5. The van der Waals surface area contributed by atoms with Gasteiger partial charge in [-0.2, -0.15) is 0 Å². The fourth-order valence-electron chi connectivity index (χ4n) is 3.34. The van der Waals surface area contributed by atoms with Gasteiger partial charge in [-0.15, -0.1) is 0 Å². The molecule has 154 valence electrons. The first-order valence-electron chi connectivity index (χ1n) is 9.42. The second-order valence-corrected chi connectivity index (χ2v) is 6.93. The van der Waals surface area contributed by atoms with Crippen LogP contribution in [0.3, 0.4) is 0 Å². The highest BCUT2D eigenvalue weighted by Crippen LogP contribution is 2.28. The van der Waals surface area contributed by atoms with Gasteiger partial charge in [0.05, 0.1) is 31.1 Å². The first-order chi connectivity index (χ1) is 13.4. The number of nitrogens with zero attached hydrogens (tertiary/aromatic N) is 2. The van der Waals surface area contributed by atoms with Crippen LogP contribution in [-0.2, 0) is 19.0 Å². The molecule has 2 aliphatic rings. The smallest absolute Gasteiger partial charge is 0.414 e. The monoisotopic (exact) mass is 395 g/mol. The molecular weight excluding hydrogens is 369 g/mol. The third kappa shape index (κ3) is 5.11. The second kappa shape index (κ2) is 9.20. The second-order valence-electron chi connectivity index (χ2n) is 6.93. The van der Waals surface area contributed by atoms with Crippen LogP contribution in [-0.4, -0.2) is 70.2 Å². The van der Waals surface area contributed by atoms with Crippen molar-refractivity contribution in [2.24, 2.45) is 0 Å². The van der Waals surface area contributed by atoms with Crippen LogP contribution in [0.15, 0.2) is 18.2 Å². The predicted octanol–water partition coefficient (Wildman–Crippen LogP) is 1.53. The summed E-state index contributed by atoms with van der Waals surface area (Å²) in [5, 5.41) is 3.11. The number of esters is 1. The maximum atomic E-state index is 14.6. The summed E-state index contributed by atoms with van der Waals surface area (Å²) < 4.78 is 30.3. The number of amides is 1. The molecule has 1 aromatic carbocycles. The lowest BCUT2D eigenvalue weighted by atomic mass is 10.2. The SMILES string of the molecule is CC(=O)O[C@@H](C)CNC[C@H]1CN(c2ccc(N3CCOCC3)c(F)c2)C(=O)O1. The number of ether oxygens (including phenoxy) is 3. The van der Waals surface area contributed by atoms with Crippen molar-refractivity contribution in [2.45, 2.75) is 26.1 Å². The van der Waals surface area contributed by atoms with E-state index < -0.39 is 6.09 Å². The highest BCUT2D eigenvalue weighted by molar-refractivity contribution is 5.90. The number of hydrogen-bond acceptors (Lipinski definition) is 7. The topological polar surface area (TPSA) is 80.3 Å². The third-order valence-corrected chi connectivity index (χ3v) is 4.64. The largest absolute Gasteiger partial charge is 0.462 e. The number of benzene rings is 1. The Kier molecular flexibility index (Phi) is 6.69. The fraction of sp³-hybridized carbons (Fsp3) is 0.579. The number of rotatable bonds is 7. The van der Waals surface area contributed by atoms with E-state index in [4.69, 9.17) is 14.2 Å². The van der Waals surface area contributed by atoms with Gasteiger partial charge >= 0.3 is 12.1 Å². The molecule has 2 fully saturated rings. The Morgan fingerprint density at radius 2 is 2.14 bits per heavy atom. The predicted molar refractivity (Wildman–Crippen MR) is 101 cm³/mol. The van der Waals surface area contributed by atoms with E-state index in [1.54, 1.807) is 19.1 Å². The molecule has 0 radical (unpaired) electrons. The molecule has 0 spiro atoms. The lowest BCUT2D eigenvalue weighted by Gasteiger charge is -2.29. The van der Waals surface area contributed by atoms with E-state index >= 15 is 0 Å². The van der Waals surface area contributed by atoms with Crippen molar-refractivity contribution in [3.63, 3.8) is 0 Å². The van der Waals surface area contributed by atoms with Crippen LogP contribution in [0.4, 0.5) is 20.6 Å². The van der Waals surface area contributed by atoms with Gasteiger partial charge in [0.25, 0.3) is 0 Å². The minimum absolute atomic E-state index is 0.271. The Labute approximate surface area is 163 Å². The van der Waals surface area contributed by atoms with Gasteiger partial charge in [0, 0.05) is 33.1 Å². The molecule has 9 heteroatoms. The molecule has 0 aliphatic carbocycles. The summed E-state index contributed by atoms with van der Waals surface area (Å²) in [7, 11) is 0. The van der Waals surface area contributed by atoms with E-state index in [1.807, 2.05) is 4.90 Å². The zero-order valence-corrected chi connectivity index (χ0v) is 16.2. The lowest BCUT2D eigenvalue weighted by Crippen LogP contribution is -2.37. The Morgan fingerprint density at radius 3 is 2.82 bits per heavy atom. The summed E-state index contributed by atoms with van der Waals surface area (Å²) in [6, 6.07) is 4.79. The Balaban J connectivity index is 1.54. The molecule has 1 N–H and O–H groups in total. The van der Waals surface area contributed by atoms with Gasteiger partial charge in [-0.3, -0.25) is 9.69 Å². The average Bonchev–Trinajstić information content (AvgIpc) is 3.02. The van der Waals surface area contributed by atoms with Crippen LogP contribution in [0.25, 0.3) is 0 Å². The fourth-order valence-corrected chi connectivity index (χ4v) is 3.34. The van der Waals surface area contributed by atoms with Crippen molar-refractivity contribution < 1.29 is 28.2 Å². The van der Waals surface area contributed by atoms with Crippen LogP contribution in [0.5, 0.6) is 0 Å². The number of anilines is 2. The van der Waals surface area contributed by atoms with Crippen molar-refractivity contribution >= 4 is 23.4 Å². The Bertz CT molecular complexity index is 711. The number of halogens is 1. The Morgan fingerprint density at radius 1 is 1.39 bits per heavy atom. The van der Waals surface area contributed by atoms with Gasteiger partial charge in [0.15, 0.2) is 0 Å². The molecule has 1 amide bonds. The van der Waals surface area contributed by atoms with Gasteiger partial charge < -0.3 is 24.4 Å². The molecule has 8 nitrogen and oxygen atoms in total. The van der Waals surface area contributed by atoms with Gasteiger partial charge in [0.2, 0.25) is 0 Å². The van der Waals surface area contributed by atoms with Crippen molar-refractivity contribution in [3.8, 4) is 0 Å². The minimum Gasteiger partial charge on any atom is -0.462 e. The lowest BCUT2D eigenvalue weighted by molar-refractivity contribution is -0.145. The molecule has 0 saturated carbocycles. The summed E-state index contributed by atoms with van der Waals surface area (Å²) in [5.74, 6) is -0.709. The van der Waals surface area contributed by atoms with E-state index in [0.717, 1.165) is 0 Å². The first kappa shape index (κ1) is 20.3. The number of carbonyl (C=O) groups excluding carboxylic acids is 2. The van der Waals surface area contributed by atoms with Crippen LogP contribution < -0.4 is 15.1 Å². The van der Waals surface area contributed by atoms with E-state index in [1.165, 1.54) is 17.9 Å². The number of cyclic esters (lactones) is 1. The summed E-state index contributed by atoms with van der Waals surface area (Å²) in [6.07, 6.45) is -1.13. The minimum atomic E-state index is -0.502. The van der Waals surface area contributed by atoms with E-state index in [0.29, 0.717) is 57.3 Å². The average molecular weight is 395 g/mol. The molecule has 28 heavy (non-hydrogen) atoms. The van der Waals surface area contributed by atoms with Crippen molar-refractivity contribution in [2.75, 3.05) is 55.7 Å². The highest BCUT2D eigenvalue weighted by atomic mass is 19.1. The zero-order chi connectivity index (χ0) is 20.1. The molecule has 0 aromatic heterocycles. The number of hydrogen-bond donors (Lipinski definition) is 1. The van der Waals surface area contributed by atoms with Crippen molar-refractivity contribution in [3.05, 3.63) is 24.0 Å². The summed E-state index contributed by atoms with van der Waals surface area (Å²) >= 11 is 0. The highest BCUT2D eigenvalue weighted by Gasteiger charge is 2.32. The zero-order valence-electron chi connectivity index (χ0n) is 16.2. The maximum absolute atomic E-state index is 14.6. The van der Waals surface area contributed by atoms with Crippen LogP contribution in [0, 0.1) is 5.82 Å². The van der Waals surface area contributed by atoms with Crippen LogP contribution >= 0.6 is 0 Å². The molecule has 2 atom stereocenters. The molecule has 2 saturated heterocycles. The van der Waals surface area contributed by atoms with E-state index in [-0.39, 0.29) is 24.0 Å². The molecule has 1 aromatic rings. The number of carbonyl (C=O) groups is 2. The quantitative estimate of drug-likeness (QED) is 0.702. The van der Waals surface area contributed by atoms with E-state index in [2.05, 4.69) is 5.32 Å². The van der Waals surface area contributed by atoms with Gasteiger partial charge in [0.1, 0.15) is 18.0 Å². The Hall–Kier alpha value is -2.39. The van der Waals surface area contributed by atoms with E-state index in [9.17, 15) is 14.0 Å². The molecule has 2 heterocycles. The van der Waals surface area contributed by atoms with Crippen LogP contribution in [0.1, 0.15) is 13.8 Å². The summed E-state index contributed by atoms with van der Waals surface area (Å²) in [5.41, 5.74) is 0.979. The number of nitrogens with one attached hydrogen (secondary N) is 1. The first-order valence-corrected chi connectivity index (χ1v) is 9.42. The van der Waals surface area contributed by atoms with Gasteiger partial charge in [-0.25, -0.2) is 9.18 Å². The maximum Gasteiger partial charge on any atom is 0.414 e. The molecule has 2 aliphatic heterocycles. The third-order valence-electron chi connectivity index (χ3n) is 4.64. The summed E-state index contributed by atoms with van der Waals surface area (Å²) in [6.45, 7) is 6.76. The normalized spacial score (nSPS) is 20.8.